The smallest absolute Gasteiger partial charge is 0.328 e. The number of rotatable bonds is 6. The summed E-state index contributed by atoms with van der Waals surface area (Å²) in [6.07, 6.45) is 6.33. The van der Waals surface area contributed by atoms with E-state index < -0.39 is 24.6 Å². The molecule has 1 aliphatic carbocycles. The summed E-state index contributed by atoms with van der Waals surface area (Å²) in [4.78, 5) is 21.8. The quantitative estimate of drug-likeness (QED) is 0.501. The fourth-order valence-electron chi connectivity index (χ4n) is 1.70. The van der Waals surface area contributed by atoms with Crippen molar-refractivity contribution in [2.24, 2.45) is 0 Å². The van der Waals surface area contributed by atoms with Crippen molar-refractivity contribution >= 4 is 12.0 Å². The number of carbonyl (C=O) groups is 2. The summed E-state index contributed by atoms with van der Waals surface area (Å²) in [5.74, 6) is -1.25. The summed E-state index contributed by atoms with van der Waals surface area (Å²) < 4.78 is 0. The Morgan fingerprint density at radius 2 is 2.24 bits per heavy atom. The van der Waals surface area contributed by atoms with E-state index >= 15 is 0 Å². The van der Waals surface area contributed by atoms with Crippen LogP contribution in [-0.2, 0) is 4.79 Å². The minimum absolute atomic E-state index is 0.482. The van der Waals surface area contributed by atoms with E-state index in [1.165, 1.54) is 12.0 Å². The van der Waals surface area contributed by atoms with Crippen molar-refractivity contribution in [1.29, 1.82) is 0 Å². The van der Waals surface area contributed by atoms with Gasteiger partial charge >= 0.3 is 12.0 Å². The fourth-order valence-corrected chi connectivity index (χ4v) is 1.70. The molecule has 0 saturated carbocycles. The molecule has 0 aromatic rings. The van der Waals surface area contributed by atoms with Crippen LogP contribution in [0.2, 0.25) is 0 Å². The summed E-state index contributed by atoms with van der Waals surface area (Å²) in [7, 11) is 0. The highest BCUT2D eigenvalue weighted by Gasteiger charge is 2.18. The maximum absolute atomic E-state index is 11.3. The van der Waals surface area contributed by atoms with Crippen LogP contribution in [0.25, 0.3) is 0 Å². The van der Waals surface area contributed by atoms with Gasteiger partial charge in [0.25, 0.3) is 0 Å². The van der Waals surface area contributed by atoms with Gasteiger partial charge in [0.1, 0.15) is 0 Å². The standard InChI is InChI=1S/C11H18N2O4/c14-7-9(10(15)16)13-11(17)12-6-5-8-3-1-2-4-8/h3,9,14H,1-2,4-7H2,(H,15,16)(H2,12,13,17)/t9-/m0/s1. The number of aliphatic carboxylic acids is 1. The molecule has 1 atom stereocenters. The van der Waals surface area contributed by atoms with Gasteiger partial charge in [0, 0.05) is 6.54 Å². The fraction of sp³-hybridized carbons (Fsp3) is 0.636. The summed E-state index contributed by atoms with van der Waals surface area (Å²) in [6.45, 7) is -0.136. The number of aliphatic hydroxyl groups excluding tert-OH is 1. The molecule has 0 aromatic heterocycles. The van der Waals surface area contributed by atoms with Gasteiger partial charge in [-0.05, 0) is 25.7 Å². The Morgan fingerprint density at radius 1 is 1.47 bits per heavy atom. The number of urea groups is 1. The van der Waals surface area contributed by atoms with Crippen molar-refractivity contribution in [1.82, 2.24) is 10.6 Å². The molecule has 2 amide bonds. The number of amides is 2. The first-order valence-electron chi connectivity index (χ1n) is 5.69. The summed E-state index contributed by atoms with van der Waals surface area (Å²) >= 11 is 0. The lowest BCUT2D eigenvalue weighted by Crippen LogP contribution is -2.48. The zero-order valence-corrected chi connectivity index (χ0v) is 9.61. The Hall–Kier alpha value is -1.56. The molecule has 0 heterocycles. The second-order valence-electron chi connectivity index (χ2n) is 3.98. The molecule has 17 heavy (non-hydrogen) atoms. The molecular formula is C11H18N2O4. The topological polar surface area (TPSA) is 98.7 Å². The Labute approximate surface area is 99.7 Å². The number of nitrogens with one attached hydrogen (secondary N) is 2. The maximum Gasteiger partial charge on any atom is 0.328 e. The molecule has 4 N–H and O–H groups in total. The minimum Gasteiger partial charge on any atom is -0.480 e. The van der Waals surface area contributed by atoms with Gasteiger partial charge in [-0.3, -0.25) is 0 Å². The zero-order chi connectivity index (χ0) is 12.7. The third-order valence-corrected chi connectivity index (χ3v) is 2.65. The van der Waals surface area contributed by atoms with E-state index in [2.05, 4.69) is 16.7 Å². The van der Waals surface area contributed by atoms with Crippen LogP contribution in [-0.4, -0.2) is 41.4 Å². The van der Waals surface area contributed by atoms with Gasteiger partial charge in [0.15, 0.2) is 6.04 Å². The highest BCUT2D eigenvalue weighted by molar-refractivity contribution is 5.82. The van der Waals surface area contributed by atoms with Crippen molar-refractivity contribution in [2.75, 3.05) is 13.2 Å². The predicted octanol–water partition coefficient (Wildman–Crippen LogP) is 0.231. The number of aliphatic hydroxyl groups is 1. The molecule has 0 aliphatic heterocycles. The summed E-state index contributed by atoms with van der Waals surface area (Å²) in [5, 5.41) is 22.1. The van der Waals surface area contributed by atoms with E-state index in [0.717, 1.165) is 19.3 Å². The second-order valence-corrected chi connectivity index (χ2v) is 3.98. The van der Waals surface area contributed by atoms with Gasteiger partial charge in [-0.15, -0.1) is 0 Å². The van der Waals surface area contributed by atoms with E-state index in [1.54, 1.807) is 0 Å². The lowest BCUT2D eigenvalue weighted by Gasteiger charge is -2.12. The molecule has 1 aliphatic rings. The van der Waals surface area contributed by atoms with Crippen LogP contribution in [0.15, 0.2) is 11.6 Å². The largest absolute Gasteiger partial charge is 0.480 e. The van der Waals surface area contributed by atoms with E-state index in [4.69, 9.17) is 10.2 Å². The second kappa shape index (κ2) is 6.90. The van der Waals surface area contributed by atoms with Gasteiger partial charge in [-0.1, -0.05) is 11.6 Å². The Morgan fingerprint density at radius 3 is 2.76 bits per heavy atom. The molecular weight excluding hydrogens is 224 g/mol. The van der Waals surface area contributed by atoms with Gasteiger partial charge in [0.2, 0.25) is 0 Å². The number of carboxylic acid groups (broad SMARTS) is 1. The number of carbonyl (C=O) groups excluding carboxylic acids is 1. The van der Waals surface area contributed by atoms with Crippen molar-refractivity contribution in [2.45, 2.75) is 31.7 Å². The molecule has 0 radical (unpaired) electrons. The summed E-state index contributed by atoms with van der Waals surface area (Å²) in [5.41, 5.74) is 1.34. The average Bonchev–Trinajstić information content (AvgIpc) is 2.78. The maximum atomic E-state index is 11.3. The van der Waals surface area contributed by atoms with Crippen LogP contribution in [0.1, 0.15) is 25.7 Å². The molecule has 0 saturated heterocycles. The molecule has 0 fully saturated rings. The van der Waals surface area contributed by atoms with E-state index in [1.807, 2.05) is 0 Å². The van der Waals surface area contributed by atoms with E-state index in [-0.39, 0.29) is 0 Å². The lowest BCUT2D eigenvalue weighted by molar-refractivity contribution is -0.140. The van der Waals surface area contributed by atoms with Crippen LogP contribution >= 0.6 is 0 Å². The number of hydrogen-bond donors (Lipinski definition) is 4. The van der Waals surface area contributed by atoms with Crippen molar-refractivity contribution in [3.63, 3.8) is 0 Å². The molecule has 6 nitrogen and oxygen atoms in total. The first kappa shape index (κ1) is 13.5. The van der Waals surface area contributed by atoms with Crippen molar-refractivity contribution in [3.05, 3.63) is 11.6 Å². The number of allylic oxidation sites excluding steroid dienone is 1. The zero-order valence-electron chi connectivity index (χ0n) is 9.61. The number of hydrogen-bond acceptors (Lipinski definition) is 3. The monoisotopic (exact) mass is 242 g/mol. The van der Waals surface area contributed by atoms with Crippen molar-refractivity contribution < 1.29 is 19.8 Å². The summed E-state index contributed by atoms with van der Waals surface area (Å²) in [6, 6.07) is -1.81. The van der Waals surface area contributed by atoms with Gasteiger partial charge in [-0.25, -0.2) is 9.59 Å². The first-order chi connectivity index (χ1) is 8.13. The van der Waals surface area contributed by atoms with Crippen LogP contribution < -0.4 is 10.6 Å². The molecule has 0 unspecified atom stereocenters. The molecule has 0 spiro atoms. The van der Waals surface area contributed by atoms with Crippen LogP contribution in [0.3, 0.4) is 0 Å². The van der Waals surface area contributed by atoms with Crippen LogP contribution in [0, 0.1) is 0 Å². The molecule has 96 valence electrons. The first-order valence-corrected chi connectivity index (χ1v) is 5.69. The third-order valence-electron chi connectivity index (χ3n) is 2.65. The normalized spacial score (nSPS) is 16.2. The molecule has 0 bridgehead atoms. The SMILES string of the molecule is O=C(NCCC1=CCCC1)N[C@@H](CO)C(=O)O. The third kappa shape index (κ3) is 4.86. The van der Waals surface area contributed by atoms with Gasteiger partial charge in [0.05, 0.1) is 6.61 Å². The van der Waals surface area contributed by atoms with E-state index in [0.29, 0.717) is 6.54 Å². The highest BCUT2D eigenvalue weighted by Crippen LogP contribution is 2.19. The van der Waals surface area contributed by atoms with Gasteiger partial charge < -0.3 is 20.8 Å². The van der Waals surface area contributed by atoms with Gasteiger partial charge in [-0.2, -0.15) is 0 Å². The molecule has 0 aromatic carbocycles. The number of carboxylic acids is 1. The molecule has 6 heteroatoms. The molecule has 1 rings (SSSR count). The Kier molecular flexibility index (Phi) is 5.48. The minimum atomic E-state index is -1.25. The highest BCUT2D eigenvalue weighted by atomic mass is 16.4. The van der Waals surface area contributed by atoms with Crippen LogP contribution in [0.4, 0.5) is 4.79 Å². The van der Waals surface area contributed by atoms with Crippen LogP contribution in [0.5, 0.6) is 0 Å². The Bertz CT molecular complexity index is 315. The Balaban J connectivity index is 2.18. The lowest BCUT2D eigenvalue weighted by atomic mass is 10.2. The van der Waals surface area contributed by atoms with E-state index in [9.17, 15) is 9.59 Å². The van der Waals surface area contributed by atoms with Crippen molar-refractivity contribution in [3.8, 4) is 0 Å². The average molecular weight is 242 g/mol. The predicted molar refractivity (Wildman–Crippen MR) is 61.6 cm³/mol.